The van der Waals surface area contributed by atoms with E-state index in [4.69, 9.17) is 4.74 Å². The molecule has 0 rings (SSSR count). The van der Waals surface area contributed by atoms with Gasteiger partial charge < -0.3 is 9.84 Å². The van der Waals surface area contributed by atoms with Crippen molar-refractivity contribution in [2.45, 2.75) is 52.7 Å². The van der Waals surface area contributed by atoms with Crippen LogP contribution in [0.4, 0.5) is 0 Å². The summed E-state index contributed by atoms with van der Waals surface area (Å²) in [6.07, 6.45) is 0.740. The molecule has 0 radical (unpaired) electrons. The average Bonchev–Trinajstić information content (AvgIpc) is 2.25. The smallest absolute Gasteiger partial charge is 0.321 e. The number of esters is 1. The van der Waals surface area contributed by atoms with Crippen LogP contribution in [0.2, 0.25) is 0 Å². The van der Waals surface area contributed by atoms with Crippen LogP contribution >= 0.6 is 15.9 Å². The van der Waals surface area contributed by atoms with Gasteiger partial charge >= 0.3 is 11.9 Å². The van der Waals surface area contributed by atoms with Crippen LogP contribution in [0.5, 0.6) is 0 Å². The van der Waals surface area contributed by atoms with Crippen LogP contribution in [0, 0.1) is 5.92 Å². The Labute approximate surface area is 129 Å². The van der Waals surface area contributed by atoms with Crippen LogP contribution in [0.3, 0.4) is 0 Å². The number of alkyl halides is 1. The van der Waals surface area contributed by atoms with E-state index in [0.29, 0.717) is 11.9 Å². The lowest BCUT2D eigenvalue weighted by Gasteiger charge is -2.32. The third-order valence-electron chi connectivity index (χ3n) is 2.95. The van der Waals surface area contributed by atoms with Crippen molar-refractivity contribution in [3.63, 3.8) is 0 Å². The second kappa shape index (κ2) is 8.62. The Morgan fingerprint density at radius 1 is 1.35 bits per heavy atom. The van der Waals surface area contributed by atoms with Gasteiger partial charge in [0.05, 0.1) is 6.54 Å². The molecule has 5 nitrogen and oxygen atoms in total. The highest BCUT2D eigenvalue weighted by Crippen LogP contribution is 2.16. The van der Waals surface area contributed by atoms with Crippen LogP contribution in [0.25, 0.3) is 0 Å². The van der Waals surface area contributed by atoms with E-state index in [2.05, 4.69) is 15.9 Å². The molecule has 0 aromatic carbocycles. The Morgan fingerprint density at radius 3 is 2.25 bits per heavy atom. The maximum Gasteiger partial charge on any atom is 0.321 e. The second-order valence-electron chi connectivity index (χ2n) is 5.91. The number of carbonyl (C=O) groups is 2. The minimum Gasteiger partial charge on any atom is -0.480 e. The Balaban J connectivity index is 4.92. The standard InChI is InChI=1S/C14H26BrNO4/c1-6-10(2)12(13(18)19)16(8-7-15)9-11(17)20-14(3,4)5/h10,12H,6-9H2,1-5H3,(H,18,19)/t10-,12-/m0/s1. The number of ether oxygens (including phenoxy) is 1. The highest BCUT2D eigenvalue weighted by Gasteiger charge is 2.32. The molecule has 0 aromatic heterocycles. The average molecular weight is 352 g/mol. The quantitative estimate of drug-likeness (QED) is 0.537. The van der Waals surface area contributed by atoms with E-state index in [1.807, 2.05) is 13.8 Å². The first-order valence-corrected chi connectivity index (χ1v) is 7.99. The fourth-order valence-corrected chi connectivity index (χ4v) is 2.40. The van der Waals surface area contributed by atoms with Crippen LogP contribution in [-0.2, 0) is 14.3 Å². The Kier molecular flexibility index (Phi) is 8.35. The molecule has 0 unspecified atom stereocenters. The fourth-order valence-electron chi connectivity index (χ4n) is 1.95. The lowest BCUT2D eigenvalue weighted by molar-refractivity contribution is -0.158. The number of hydrogen-bond acceptors (Lipinski definition) is 4. The number of carboxylic acid groups (broad SMARTS) is 1. The lowest BCUT2D eigenvalue weighted by atomic mass is 9.97. The zero-order valence-corrected chi connectivity index (χ0v) is 14.6. The summed E-state index contributed by atoms with van der Waals surface area (Å²) in [4.78, 5) is 25.0. The van der Waals surface area contributed by atoms with Crippen LogP contribution in [0.15, 0.2) is 0 Å². The third kappa shape index (κ3) is 7.24. The summed E-state index contributed by atoms with van der Waals surface area (Å²) in [5.41, 5.74) is -0.563. The van der Waals surface area contributed by atoms with Crippen molar-refractivity contribution < 1.29 is 19.4 Å². The molecular weight excluding hydrogens is 326 g/mol. The summed E-state index contributed by atoms with van der Waals surface area (Å²) in [6, 6.07) is -0.676. The van der Waals surface area contributed by atoms with E-state index in [1.165, 1.54) is 0 Å². The Hall–Kier alpha value is -0.620. The zero-order chi connectivity index (χ0) is 15.9. The molecule has 0 heterocycles. The number of carboxylic acids is 1. The molecule has 0 saturated heterocycles. The molecule has 0 fully saturated rings. The molecule has 0 aliphatic carbocycles. The third-order valence-corrected chi connectivity index (χ3v) is 3.31. The van der Waals surface area contributed by atoms with Gasteiger partial charge in [0.1, 0.15) is 11.6 Å². The van der Waals surface area contributed by atoms with Crippen molar-refractivity contribution >= 4 is 27.9 Å². The predicted molar refractivity (Wildman–Crippen MR) is 82.1 cm³/mol. The van der Waals surface area contributed by atoms with Crippen molar-refractivity contribution in [2.75, 3.05) is 18.4 Å². The molecule has 118 valence electrons. The Morgan fingerprint density at radius 2 is 1.90 bits per heavy atom. The topological polar surface area (TPSA) is 66.8 Å². The lowest BCUT2D eigenvalue weighted by Crippen LogP contribution is -2.49. The van der Waals surface area contributed by atoms with Gasteiger partial charge in [0.15, 0.2) is 0 Å². The summed E-state index contributed by atoms with van der Waals surface area (Å²) >= 11 is 3.30. The molecule has 0 aromatic rings. The molecule has 20 heavy (non-hydrogen) atoms. The summed E-state index contributed by atoms with van der Waals surface area (Å²) in [7, 11) is 0. The van der Waals surface area contributed by atoms with Crippen molar-refractivity contribution in [3.8, 4) is 0 Å². The molecule has 0 aliphatic rings. The maximum absolute atomic E-state index is 11.9. The first-order chi connectivity index (χ1) is 9.12. The number of carbonyl (C=O) groups excluding carboxylic acids is 1. The normalized spacial score (nSPS) is 14.9. The first kappa shape index (κ1) is 19.4. The molecule has 1 N–H and O–H groups in total. The summed E-state index contributed by atoms with van der Waals surface area (Å²) in [5.74, 6) is -1.33. The largest absolute Gasteiger partial charge is 0.480 e. The van der Waals surface area contributed by atoms with Gasteiger partial charge in [-0.25, -0.2) is 0 Å². The van der Waals surface area contributed by atoms with Gasteiger partial charge in [-0.3, -0.25) is 14.5 Å². The molecule has 2 atom stereocenters. The van der Waals surface area contributed by atoms with Crippen LogP contribution < -0.4 is 0 Å². The van der Waals surface area contributed by atoms with Crippen molar-refractivity contribution in [2.24, 2.45) is 5.92 Å². The minimum atomic E-state index is -0.899. The molecule has 6 heteroatoms. The molecule has 0 aliphatic heterocycles. The van der Waals surface area contributed by atoms with Gasteiger partial charge in [0, 0.05) is 11.9 Å². The molecule has 0 amide bonds. The molecule has 0 spiro atoms. The number of halogens is 1. The predicted octanol–water partition coefficient (Wildman–Crippen LogP) is 2.52. The molecule has 0 bridgehead atoms. The van der Waals surface area contributed by atoms with E-state index in [0.717, 1.165) is 6.42 Å². The minimum absolute atomic E-state index is 0.00975. The van der Waals surface area contributed by atoms with Crippen LogP contribution in [0.1, 0.15) is 41.0 Å². The van der Waals surface area contributed by atoms with E-state index in [-0.39, 0.29) is 12.5 Å². The van der Waals surface area contributed by atoms with E-state index in [1.54, 1.807) is 25.7 Å². The highest BCUT2D eigenvalue weighted by molar-refractivity contribution is 9.09. The summed E-state index contributed by atoms with van der Waals surface area (Å²) in [6.45, 7) is 9.69. The highest BCUT2D eigenvalue weighted by atomic mass is 79.9. The summed E-state index contributed by atoms with van der Waals surface area (Å²) in [5, 5.41) is 10.0. The van der Waals surface area contributed by atoms with Gasteiger partial charge in [-0.15, -0.1) is 0 Å². The Bertz CT molecular complexity index is 328. The maximum atomic E-state index is 11.9. The molecule has 0 saturated carbocycles. The second-order valence-corrected chi connectivity index (χ2v) is 6.71. The number of hydrogen-bond donors (Lipinski definition) is 1. The fraction of sp³-hybridized carbons (Fsp3) is 0.857. The summed E-state index contributed by atoms with van der Waals surface area (Å²) < 4.78 is 5.27. The number of nitrogens with zero attached hydrogens (tertiary/aromatic N) is 1. The van der Waals surface area contributed by atoms with Gasteiger partial charge in [0.25, 0.3) is 0 Å². The number of aliphatic carboxylic acids is 1. The van der Waals surface area contributed by atoms with Crippen molar-refractivity contribution in [1.29, 1.82) is 0 Å². The zero-order valence-electron chi connectivity index (χ0n) is 13.0. The van der Waals surface area contributed by atoms with Gasteiger partial charge in [-0.05, 0) is 26.7 Å². The molecular formula is C14H26BrNO4. The number of rotatable bonds is 8. The monoisotopic (exact) mass is 351 g/mol. The first-order valence-electron chi connectivity index (χ1n) is 6.87. The van der Waals surface area contributed by atoms with E-state index < -0.39 is 23.6 Å². The SMILES string of the molecule is CC[C@H](C)[C@@H](C(=O)O)N(CCBr)CC(=O)OC(C)(C)C. The van der Waals surface area contributed by atoms with Gasteiger partial charge in [-0.1, -0.05) is 36.2 Å². The van der Waals surface area contributed by atoms with Gasteiger partial charge in [0.2, 0.25) is 0 Å². The van der Waals surface area contributed by atoms with E-state index >= 15 is 0 Å². The van der Waals surface area contributed by atoms with E-state index in [9.17, 15) is 14.7 Å². The van der Waals surface area contributed by atoms with Gasteiger partial charge in [-0.2, -0.15) is 0 Å². The van der Waals surface area contributed by atoms with Crippen molar-refractivity contribution in [1.82, 2.24) is 4.90 Å². The van der Waals surface area contributed by atoms with Crippen molar-refractivity contribution in [3.05, 3.63) is 0 Å². The van der Waals surface area contributed by atoms with Crippen LogP contribution in [-0.4, -0.2) is 52.0 Å².